The van der Waals surface area contributed by atoms with Crippen molar-refractivity contribution in [2.24, 2.45) is 11.8 Å². The molecule has 2 heteroatoms. The summed E-state index contributed by atoms with van der Waals surface area (Å²) in [7, 11) is 0. The van der Waals surface area contributed by atoms with Gasteiger partial charge in [-0.3, -0.25) is 0 Å². The van der Waals surface area contributed by atoms with E-state index >= 15 is 0 Å². The van der Waals surface area contributed by atoms with Gasteiger partial charge in [0.1, 0.15) is 0 Å². The number of nitrogens with zero attached hydrogens (tertiary/aromatic N) is 2. The Morgan fingerprint density at radius 3 is 1.40 bits per heavy atom. The molecule has 0 aromatic heterocycles. The van der Waals surface area contributed by atoms with Crippen LogP contribution in [0.4, 0.5) is 22.7 Å². The highest BCUT2D eigenvalue weighted by Gasteiger charge is 2.53. The minimum absolute atomic E-state index is 0.0441. The summed E-state index contributed by atoms with van der Waals surface area (Å²) < 4.78 is 0. The Morgan fingerprint density at radius 1 is 0.419 bits per heavy atom. The van der Waals surface area contributed by atoms with Crippen molar-refractivity contribution in [3.8, 4) is 44.5 Å². The van der Waals surface area contributed by atoms with E-state index < -0.39 is 0 Å². The molecule has 2 aliphatic heterocycles. The molecule has 0 atom stereocenters. The molecule has 0 spiro atoms. The largest absolute Gasteiger partial charge is 0.366 e. The van der Waals surface area contributed by atoms with Crippen LogP contribution in [0, 0.1) is 11.8 Å². The predicted molar refractivity (Wildman–Crippen MR) is 260 cm³/mol. The second-order valence-corrected chi connectivity index (χ2v) is 18.9. The van der Waals surface area contributed by atoms with Gasteiger partial charge in [-0.2, -0.15) is 0 Å². The Balaban J connectivity index is 0.814. The fourth-order valence-corrected chi connectivity index (χ4v) is 12.6. The van der Waals surface area contributed by atoms with Crippen molar-refractivity contribution < 1.29 is 0 Å². The standard InChI is InChI=1S/C60H52N2/c1-60(2)57-22-10-9-19-54(57)55-20-12-21-56(59(55)60)58-46-36-52-38-47(58)39-53(37-46)62(52)51-18-11-17-45(35-51)44-27-33-50(34-28-44)61(48-29-23-42(24-30-48)40-13-5-3-6-14-40)49-31-25-43(26-32-49)41-15-7-4-8-16-41/h3-35,46-47,52-53,58H,36-39H2,1-2H3. The second-order valence-electron chi connectivity index (χ2n) is 18.9. The van der Waals surface area contributed by atoms with Gasteiger partial charge >= 0.3 is 0 Å². The van der Waals surface area contributed by atoms with Gasteiger partial charge in [-0.1, -0.05) is 166 Å². The third-order valence-corrected chi connectivity index (χ3v) is 15.1. The number of benzene rings is 8. The SMILES string of the molecule is CC1(C)c2ccccc2-c2cccc(C3C4CC5CC3CC(C4)N5c3cccc(-c4ccc(N(c5ccc(-c6ccccc6)cc5)c5ccc(-c6ccccc6)cc5)cc4)c3)c21. The molecular weight excluding hydrogens is 749 g/mol. The zero-order valence-electron chi connectivity index (χ0n) is 35.7. The van der Waals surface area contributed by atoms with Gasteiger partial charge in [-0.25, -0.2) is 0 Å². The molecule has 302 valence electrons. The zero-order valence-corrected chi connectivity index (χ0v) is 35.7. The molecule has 2 saturated heterocycles. The average molecular weight is 801 g/mol. The summed E-state index contributed by atoms with van der Waals surface area (Å²) in [6.07, 6.45) is 5.18. The normalized spacial score (nSPS) is 21.4. The van der Waals surface area contributed by atoms with Crippen LogP contribution in [0.1, 0.15) is 62.1 Å². The highest BCUT2D eigenvalue weighted by molar-refractivity contribution is 5.83. The van der Waals surface area contributed by atoms with E-state index in [1.807, 2.05) is 0 Å². The third-order valence-electron chi connectivity index (χ3n) is 15.1. The van der Waals surface area contributed by atoms with E-state index in [-0.39, 0.29) is 5.41 Å². The molecule has 8 aromatic carbocycles. The van der Waals surface area contributed by atoms with E-state index in [1.165, 1.54) is 81.4 Å². The summed E-state index contributed by atoms with van der Waals surface area (Å²) in [6, 6.07) is 75.5. The van der Waals surface area contributed by atoms with Gasteiger partial charge in [-0.05, 0) is 153 Å². The summed E-state index contributed by atoms with van der Waals surface area (Å²) in [6.45, 7) is 4.93. The maximum absolute atomic E-state index is 2.84. The van der Waals surface area contributed by atoms with Crippen LogP contribution in [0.2, 0.25) is 0 Å². The first-order valence-electron chi connectivity index (χ1n) is 22.8. The van der Waals surface area contributed by atoms with Crippen molar-refractivity contribution >= 4 is 22.7 Å². The van der Waals surface area contributed by atoms with Crippen LogP contribution in [-0.4, -0.2) is 12.1 Å². The van der Waals surface area contributed by atoms with Crippen LogP contribution >= 0.6 is 0 Å². The van der Waals surface area contributed by atoms with Crippen molar-refractivity contribution in [1.29, 1.82) is 0 Å². The van der Waals surface area contributed by atoms with Crippen LogP contribution in [0.3, 0.4) is 0 Å². The Labute approximate surface area is 367 Å². The molecule has 2 saturated carbocycles. The van der Waals surface area contributed by atoms with Gasteiger partial charge < -0.3 is 9.80 Å². The summed E-state index contributed by atoms with van der Waals surface area (Å²) >= 11 is 0. The molecule has 0 amide bonds. The quantitative estimate of drug-likeness (QED) is 0.151. The van der Waals surface area contributed by atoms with Crippen molar-refractivity contribution in [2.75, 3.05) is 9.80 Å². The molecule has 3 aliphatic carbocycles. The maximum atomic E-state index is 2.84. The summed E-state index contributed by atoms with van der Waals surface area (Å²) in [5.74, 6) is 2.17. The monoisotopic (exact) mass is 800 g/mol. The Hall–Kier alpha value is -6.64. The molecule has 62 heavy (non-hydrogen) atoms. The fourth-order valence-electron chi connectivity index (χ4n) is 12.6. The van der Waals surface area contributed by atoms with E-state index in [0.29, 0.717) is 18.0 Å². The maximum Gasteiger partial charge on any atom is 0.0462 e. The van der Waals surface area contributed by atoms with Crippen molar-refractivity contribution in [2.45, 2.75) is 62.9 Å². The third kappa shape index (κ3) is 6.14. The predicted octanol–water partition coefficient (Wildman–Crippen LogP) is 15.6. The molecule has 0 radical (unpaired) electrons. The van der Waals surface area contributed by atoms with Gasteiger partial charge in [-0.15, -0.1) is 0 Å². The zero-order chi connectivity index (χ0) is 41.4. The summed E-state index contributed by atoms with van der Waals surface area (Å²) in [5, 5.41) is 0. The molecule has 0 N–H and O–H groups in total. The fraction of sp³-hybridized carbons (Fsp3) is 0.200. The number of hydrogen-bond acceptors (Lipinski definition) is 2. The molecule has 4 fully saturated rings. The van der Waals surface area contributed by atoms with Gasteiger partial charge in [0, 0.05) is 40.2 Å². The Kier molecular flexibility index (Phi) is 8.85. The molecule has 5 aliphatic rings. The molecule has 13 rings (SSSR count). The van der Waals surface area contributed by atoms with Crippen LogP contribution < -0.4 is 9.80 Å². The first kappa shape index (κ1) is 37.1. The van der Waals surface area contributed by atoms with Crippen LogP contribution in [0.5, 0.6) is 0 Å². The van der Waals surface area contributed by atoms with Crippen LogP contribution in [-0.2, 0) is 5.41 Å². The smallest absolute Gasteiger partial charge is 0.0462 e. The van der Waals surface area contributed by atoms with Gasteiger partial charge in [0.25, 0.3) is 0 Å². The molecular formula is C60H52N2. The number of anilines is 4. The number of piperidine rings is 2. The minimum atomic E-state index is 0.0441. The summed E-state index contributed by atoms with van der Waals surface area (Å²) in [4.78, 5) is 5.22. The van der Waals surface area contributed by atoms with E-state index in [9.17, 15) is 0 Å². The van der Waals surface area contributed by atoms with E-state index in [2.05, 4.69) is 224 Å². The van der Waals surface area contributed by atoms with Gasteiger partial charge in [0.15, 0.2) is 0 Å². The Bertz CT molecular complexity index is 2780. The molecule has 2 heterocycles. The molecule has 8 aromatic rings. The topological polar surface area (TPSA) is 6.48 Å². The van der Waals surface area contributed by atoms with Gasteiger partial charge in [0.05, 0.1) is 0 Å². The van der Waals surface area contributed by atoms with Crippen LogP contribution in [0.25, 0.3) is 44.5 Å². The molecule has 0 unspecified atom stereocenters. The van der Waals surface area contributed by atoms with E-state index in [1.54, 1.807) is 11.1 Å². The molecule has 2 nitrogen and oxygen atoms in total. The lowest BCUT2D eigenvalue weighted by molar-refractivity contribution is 0.0610. The van der Waals surface area contributed by atoms with E-state index in [0.717, 1.165) is 28.9 Å². The Morgan fingerprint density at radius 2 is 0.855 bits per heavy atom. The lowest BCUT2D eigenvalue weighted by Gasteiger charge is -2.61. The highest BCUT2D eigenvalue weighted by atomic mass is 15.2. The second kappa shape index (κ2) is 14.8. The minimum Gasteiger partial charge on any atom is -0.366 e. The van der Waals surface area contributed by atoms with Crippen molar-refractivity contribution in [1.82, 2.24) is 0 Å². The summed E-state index contributed by atoms with van der Waals surface area (Å²) in [5.41, 5.74) is 19.9. The first-order chi connectivity index (χ1) is 30.5. The van der Waals surface area contributed by atoms with Crippen molar-refractivity contribution in [3.05, 3.63) is 217 Å². The first-order valence-corrected chi connectivity index (χ1v) is 22.8. The van der Waals surface area contributed by atoms with Crippen LogP contribution in [0.15, 0.2) is 200 Å². The number of hydrogen-bond donors (Lipinski definition) is 0. The van der Waals surface area contributed by atoms with Gasteiger partial charge in [0.2, 0.25) is 0 Å². The lowest BCUT2D eigenvalue weighted by atomic mass is 9.55. The number of rotatable bonds is 8. The molecule has 4 bridgehead atoms. The average Bonchev–Trinajstić information content (AvgIpc) is 3.56. The van der Waals surface area contributed by atoms with Crippen molar-refractivity contribution in [3.63, 3.8) is 0 Å². The highest BCUT2D eigenvalue weighted by Crippen LogP contribution is 2.60. The van der Waals surface area contributed by atoms with E-state index in [4.69, 9.17) is 0 Å². The number of fused-ring (bicyclic) bond motifs is 3. The lowest BCUT2D eigenvalue weighted by Crippen LogP contribution is -2.60.